The van der Waals surface area contributed by atoms with Crippen LogP contribution in [0.5, 0.6) is 0 Å². The predicted molar refractivity (Wildman–Crippen MR) is 57.5 cm³/mol. The molecule has 0 aromatic rings. The van der Waals surface area contributed by atoms with Crippen LogP contribution in [0.4, 0.5) is 0 Å². The van der Waals surface area contributed by atoms with Crippen LogP contribution in [0.1, 0.15) is 33.1 Å². The van der Waals surface area contributed by atoms with Crippen molar-refractivity contribution in [1.29, 1.82) is 0 Å². The molecule has 0 aliphatic carbocycles. The molecule has 3 nitrogen and oxygen atoms in total. The van der Waals surface area contributed by atoms with Crippen LogP contribution in [-0.2, 0) is 9.47 Å². The molecule has 0 amide bonds. The first-order valence-electron chi connectivity index (χ1n) is 5.51. The third-order valence-corrected chi connectivity index (χ3v) is 2.86. The maximum Gasteiger partial charge on any atom is 0.0699 e. The van der Waals surface area contributed by atoms with E-state index < -0.39 is 0 Å². The second-order valence-electron chi connectivity index (χ2n) is 4.55. The largest absolute Gasteiger partial charge is 0.379 e. The Balaban J connectivity index is 2.08. The molecule has 0 aromatic carbocycles. The fourth-order valence-electron chi connectivity index (χ4n) is 1.54. The van der Waals surface area contributed by atoms with E-state index in [0.29, 0.717) is 6.10 Å². The number of methoxy groups -OCH3 is 1. The van der Waals surface area contributed by atoms with Crippen LogP contribution < -0.4 is 5.32 Å². The van der Waals surface area contributed by atoms with Crippen LogP contribution in [0.15, 0.2) is 0 Å². The van der Waals surface area contributed by atoms with E-state index in [-0.39, 0.29) is 5.60 Å². The van der Waals surface area contributed by atoms with E-state index in [4.69, 9.17) is 9.47 Å². The van der Waals surface area contributed by atoms with E-state index in [1.807, 2.05) is 0 Å². The van der Waals surface area contributed by atoms with E-state index in [2.05, 4.69) is 19.2 Å². The molecule has 1 aliphatic rings. The molecule has 1 aliphatic heterocycles. The highest BCUT2D eigenvalue weighted by molar-refractivity contribution is 4.71. The number of hydrogen-bond acceptors (Lipinski definition) is 3. The van der Waals surface area contributed by atoms with Gasteiger partial charge < -0.3 is 14.8 Å². The minimum Gasteiger partial charge on any atom is -0.379 e. The van der Waals surface area contributed by atoms with Gasteiger partial charge in [-0.1, -0.05) is 0 Å². The van der Waals surface area contributed by atoms with Gasteiger partial charge in [-0.3, -0.25) is 0 Å². The van der Waals surface area contributed by atoms with Gasteiger partial charge in [0.2, 0.25) is 0 Å². The molecule has 84 valence electrons. The normalized spacial score (nSPS) is 23.8. The second-order valence-corrected chi connectivity index (χ2v) is 4.55. The van der Waals surface area contributed by atoms with Crippen molar-refractivity contribution in [1.82, 2.24) is 5.32 Å². The van der Waals surface area contributed by atoms with Crippen molar-refractivity contribution < 1.29 is 9.47 Å². The van der Waals surface area contributed by atoms with Crippen LogP contribution in [-0.4, -0.2) is 38.5 Å². The summed E-state index contributed by atoms with van der Waals surface area (Å²) in [5, 5.41) is 3.34. The molecule has 1 heterocycles. The van der Waals surface area contributed by atoms with Crippen molar-refractivity contribution in [2.45, 2.75) is 44.8 Å². The molecule has 1 unspecified atom stereocenters. The Kier molecular flexibility index (Phi) is 4.85. The first-order valence-corrected chi connectivity index (χ1v) is 5.51. The first kappa shape index (κ1) is 12.0. The Labute approximate surface area is 87.2 Å². The number of piperidine rings is 1. The zero-order chi connectivity index (χ0) is 10.4. The SMILES string of the molecule is COC(C)(C)CCOC1CCCNC1. The van der Waals surface area contributed by atoms with E-state index >= 15 is 0 Å². The van der Waals surface area contributed by atoms with Gasteiger partial charge in [0, 0.05) is 20.3 Å². The molecule has 1 rings (SSSR count). The van der Waals surface area contributed by atoms with Crippen LogP contribution in [0, 0.1) is 0 Å². The highest BCUT2D eigenvalue weighted by Gasteiger charge is 2.18. The molecule has 14 heavy (non-hydrogen) atoms. The van der Waals surface area contributed by atoms with Gasteiger partial charge in [-0.05, 0) is 39.7 Å². The maximum absolute atomic E-state index is 5.78. The van der Waals surface area contributed by atoms with E-state index in [0.717, 1.165) is 26.1 Å². The molecule has 0 aromatic heterocycles. The van der Waals surface area contributed by atoms with Crippen LogP contribution in [0.25, 0.3) is 0 Å². The lowest BCUT2D eigenvalue weighted by Gasteiger charge is -2.26. The number of ether oxygens (including phenoxy) is 2. The van der Waals surface area contributed by atoms with Crippen LogP contribution >= 0.6 is 0 Å². The predicted octanol–water partition coefficient (Wildman–Crippen LogP) is 1.57. The lowest BCUT2D eigenvalue weighted by molar-refractivity contribution is -0.0309. The second kappa shape index (κ2) is 5.69. The quantitative estimate of drug-likeness (QED) is 0.732. The molecule has 1 saturated heterocycles. The van der Waals surface area contributed by atoms with Gasteiger partial charge in [-0.25, -0.2) is 0 Å². The third-order valence-electron chi connectivity index (χ3n) is 2.86. The zero-order valence-corrected chi connectivity index (χ0v) is 9.64. The lowest BCUT2D eigenvalue weighted by atomic mass is 10.1. The van der Waals surface area contributed by atoms with Gasteiger partial charge >= 0.3 is 0 Å². The number of hydrogen-bond donors (Lipinski definition) is 1. The highest BCUT2D eigenvalue weighted by Crippen LogP contribution is 2.14. The lowest BCUT2D eigenvalue weighted by Crippen LogP contribution is -2.36. The molecule has 1 fully saturated rings. The van der Waals surface area contributed by atoms with Gasteiger partial charge in [0.1, 0.15) is 0 Å². The molecule has 0 saturated carbocycles. The Morgan fingerprint density at radius 1 is 1.43 bits per heavy atom. The zero-order valence-electron chi connectivity index (χ0n) is 9.64. The summed E-state index contributed by atoms with van der Waals surface area (Å²) in [5.74, 6) is 0. The Morgan fingerprint density at radius 2 is 2.21 bits per heavy atom. The van der Waals surface area contributed by atoms with Crippen LogP contribution in [0.2, 0.25) is 0 Å². The fourth-order valence-corrected chi connectivity index (χ4v) is 1.54. The molecule has 0 spiro atoms. The summed E-state index contributed by atoms with van der Waals surface area (Å²) in [6.07, 6.45) is 3.80. The van der Waals surface area contributed by atoms with Crippen molar-refractivity contribution >= 4 is 0 Å². The van der Waals surface area contributed by atoms with Crippen molar-refractivity contribution in [3.63, 3.8) is 0 Å². The van der Waals surface area contributed by atoms with E-state index in [1.165, 1.54) is 12.8 Å². The van der Waals surface area contributed by atoms with E-state index in [9.17, 15) is 0 Å². The average molecular weight is 201 g/mol. The molecular formula is C11H23NO2. The number of rotatable bonds is 5. The molecule has 3 heteroatoms. The Hall–Kier alpha value is -0.120. The Morgan fingerprint density at radius 3 is 2.79 bits per heavy atom. The monoisotopic (exact) mass is 201 g/mol. The molecule has 0 bridgehead atoms. The molecular weight excluding hydrogens is 178 g/mol. The standard InChI is InChI=1S/C11H23NO2/c1-11(2,13-3)6-8-14-10-5-4-7-12-9-10/h10,12H,4-9H2,1-3H3. The molecule has 1 N–H and O–H groups in total. The van der Waals surface area contributed by atoms with Gasteiger partial charge in [0.25, 0.3) is 0 Å². The fraction of sp³-hybridized carbons (Fsp3) is 1.00. The average Bonchev–Trinajstić information content (AvgIpc) is 2.19. The summed E-state index contributed by atoms with van der Waals surface area (Å²) in [4.78, 5) is 0. The maximum atomic E-state index is 5.78. The van der Waals surface area contributed by atoms with Crippen LogP contribution in [0.3, 0.4) is 0 Å². The molecule has 1 atom stereocenters. The Bertz CT molecular complexity index is 153. The van der Waals surface area contributed by atoms with Crippen molar-refractivity contribution in [3.8, 4) is 0 Å². The van der Waals surface area contributed by atoms with Gasteiger partial charge in [0.05, 0.1) is 11.7 Å². The summed E-state index contributed by atoms with van der Waals surface area (Å²) < 4.78 is 11.1. The van der Waals surface area contributed by atoms with Crippen molar-refractivity contribution in [2.24, 2.45) is 0 Å². The summed E-state index contributed by atoms with van der Waals surface area (Å²) in [6.45, 7) is 7.13. The van der Waals surface area contributed by atoms with Crippen molar-refractivity contribution in [3.05, 3.63) is 0 Å². The smallest absolute Gasteiger partial charge is 0.0699 e. The first-order chi connectivity index (χ1) is 6.64. The summed E-state index contributed by atoms with van der Waals surface area (Å²) >= 11 is 0. The minimum atomic E-state index is -0.0535. The van der Waals surface area contributed by atoms with Gasteiger partial charge in [0.15, 0.2) is 0 Å². The highest BCUT2D eigenvalue weighted by atomic mass is 16.5. The third kappa shape index (κ3) is 4.40. The molecule has 0 radical (unpaired) electrons. The topological polar surface area (TPSA) is 30.5 Å². The van der Waals surface area contributed by atoms with Crippen molar-refractivity contribution in [2.75, 3.05) is 26.8 Å². The summed E-state index contributed by atoms with van der Waals surface area (Å²) in [6, 6.07) is 0. The minimum absolute atomic E-state index is 0.0535. The van der Waals surface area contributed by atoms with Gasteiger partial charge in [-0.2, -0.15) is 0 Å². The number of nitrogens with one attached hydrogen (secondary N) is 1. The summed E-state index contributed by atoms with van der Waals surface area (Å²) in [5.41, 5.74) is -0.0535. The van der Waals surface area contributed by atoms with E-state index in [1.54, 1.807) is 7.11 Å². The summed E-state index contributed by atoms with van der Waals surface area (Å²) in [7, 11) is 1.75. The van der Waals surface area contributed by atoms with Gasteiger partial charge in [-0.15, -0.1) is 0 Å².